The number of hydrogen-bond acceptors (Lipinski definition) is 6. The van der Waals surface area contributed by atoms with Crippen molar-refractivity contribution in [1.29, 1.82) is 0 Å². The summed E-state index contributed by atoms with van der Waals surface area (Å²) in [6.45, 7) is 6.61. The van der Waals surface area contributed by atoms with E-state index in [0.717, 1.165) is 52.1 Å². The number of carbonyl (C=O) groups is 1. The minimum atomic E-state index is 0.167. The summed E-state index contributed by atoms with van der Waals surface area (Å²) in [5.41, 5.74) is 0. The van der Waals surface area contributed by atoms with E-state index in [1.807, 2.05) is 0 Å². The van der Waals surface area contributed by atoms with Gasteiger partial charge in [-0.05, 0) is 30.9 Å². The molecule has 0 aliphatic carbocycles. The summed E-state index contributed by atoms with van der Waals surface area (Å²) < 4.78 is 2.20. The molecule has 0 spiro atoms. The summed E-state index contributed by atoms with van der Waals surface area (Å²) in [5.74, 6) is 0.167. The van der Waals surface area contributed by atoms with Gasteiger partial charge in [0.1, 0.15) is 0 Å². The Morgan fingerprint density at radius 1 is 1.32 bits per heavy atom. The summed E-state index contributed by atoms with van der Waals surface area (Å²) in [7, 11) is 3.60. The molecule has 2 aliphatic rings. The maximum atomic E-state index is 12.0. The Morgan fingerprint density at radius 3 is 2.74 bits per heavy atom. The number of carbonyl (C=O) groups excluding carboxylic acids is 1. The van der Waals surface area contributed by atoms with E-state index in [4.69, 9.17) is 0 Å². The smallest absolute Gasteiger partial charge is 0.234 e. The highest BCUT2D eigenvalue weighted by Crippen LogP contribution is 2.20. The van der Waals surface area contributed by atoms with E-state index < -0.39 is 0 Å². The molecule has 110 valence electrons. The van der Waals surface area contributed by atoms with Gasteiger partial charge in [-0.25, -0.2) is 4.31 Å². The van der Waals surface area contributed by atoms with Crippen LogP contribution in [0.4, 0.5) is 0 Å². The Bertz CT molecular complexity index is 297. The van der Waals surface area contributed by atoms with Crippen molar-refractivity contribution in [3.05, 3.63) is 0 Å². The van der Waals surface area contributed by atoms with Crippen molar-refractivity contribution in [2.75, 3.05) is 52.9 Å². The first-order valence-electron chi connectivity index (χ1n) is 6.94. The zero-order valence-corrected chi connectivity index (χ0v) is 13.3. The summed E-state index contributed by atoms with van der Waals surface area (Å²) in [6, 6.07) is 0.286. The Kier molecular flexibility index (Phi) is 6.28. The summed E-state index contributed by atoms with van der Waals surface area (Å²) >= 11 is 4.23. The third-order valence-electron chi connectivity index (χ3n) is 3.83. The van der Waals surface area contributed by atoms with Crippen LogP contribution in [0.15, 0.2) is 0 Å². The largest absolute Gasteiger partial charge is 0.351 e. The standard InChI is InChI=1S/C12H24N4OS2/c1-14-5-7-15(8-6-14)10-12(17)13-11-3-2-4-16(9-11)19-18/h11,18H,2-10H2,1H3,(H,13,17). The van der Waals surface area contributed by atoms with Gasteiger partial charge in [0.05, 0.1) is 6.54 Å². The number of rotatable bonds is 4. The number of piperidine rings is 1. The van der Waals surface area contributed by atoms with Crippen molar-refractivity contribution >= 4 is 28.5 Å². The van der Waals surface area contributed by atoms with Crippen LogP contribution in [-0.2, 0) is 4.79 Å². The fourth-order valence-corrected chi connectivity index (χ4v) is 3.52. The maximum Gasteiger partial charge on any atom is 0.234 e. The summed E-state index contributed by atoms with van der Waals surface area (Å²) in [6.07, 6.45) is 2.21. The lowest BCUT2D eigenvalue weighted by Crippen LogP contribution is -2.51. The zero-order valence-electron chi connectivity index (χ0n) is 11.5. The van der Waals surface area contributed by atoms with Crippen molar-refractivity contribution in [2.24, 2.45) is 0 Å². The second-order valence-corrected chi connectivity index (χ2v) is 6.63. The number of nitrogens with zero attached hydrogens (tertiary/aromatic N) is 3. The SMILES string of the molecule is CN1CCN(CC(=O)NC2CCCN(SS)C2)CC1. The van der Waals surface area contributed by atoms with E-state index in [0.29, 0.717) is 6.54 Å². The van der Waals surface area contributed by atoms with Crippen LogP contribution >= 0.6 is 22.6 Å². The quantitative estimate of drug-likeness (QED) is 0.444. The molecule has 2 rings (SSSR count). The second kappa shape index (κ2) is 7.73. The lowest BCUT2D eigenvalue weighted by Gasteiger charge is -2.33. The lowest BCUT2D eigenvalue weighted by molar-refractivity contribution is -0.123. The van der Waals surface area contributed by atoms with Crippen LogP contribution in [0.3, 0.4) is 0 Å². The van der Waals surface area contributed by atoms with Crippen molar-refractivity contribution in [2.45, 2.75) is 18.9 Å². The topological polar surface area (TPSA) is 38.8 Å². The third-order valence-corrected chi connectivity index (χ3v) is 5.08. The minimum absolute atomic E-state index is 0.167. The van der Waals surface area contributed by atoms with Gasteiger partial charge in [0.15, 0.2) is 0 Å². The highest BCUT2D eigenvalue weighted by molar-refractivity contribution is 8.67. The summed E-state index contributed by atoms with van der Waals surface area (Å²) in [5, 5.41) is 3.16. The highest BCUT2D eigenvalue weighted by Gasteiger charge is 2.22. The first-order valence-corrected chi connectivity index (χ1v) is 8.76. The molecule has 2 heterocycles. The molecule has 0 aromatic heterocycles. The van der Waals surface area contributed by atoms with Crippen LogP contribution in [0, 0.1) is 0 Å². The van der Waals surface area contributed by atoms with Gasteiger partial charge in [-0.1, -0.05) is 11.7 Å². The second-order valence-electron chi connectivity index (χ2n) is 5.46. The molecule has 19 heavy (non-hydrogen) atoms. The third kappa shape index (κ3) is 5.15. The predicted octanol–water partition coefficient (Wildman–Crippen LogP) is 0.307. The molecule has 2 aliphatic heterocycles. The van der Waals surface area contributed by atoms with Crippen molar-refractivity contribution in [3.63, 3.8) is 0 Å². The Hall–Kier alpha value is 0.0500. The molecule has 1 unspecified atom stereocenters. The number of piperazine rings is 1. The van der Waals surface area contributed by atoms with Gasteiger partial charge in [0.25, 0.3) is 0 Å². The van der Waals surface area contributed by atoms with Gasteiger partial charge in [-0.15, -0.1) is 0 Å². The first-order chi connectivity index (χ1) is 9.17. The van der Waals surface area contributed by atoms with E-state index in [1.165, 1.54) is 11.0 Å². The molecule has 0 radical (unpaired) electrons. The molecule has 0 aromatic rings. The number of hydrogen-bond donors (Lipinski definition) is 2. The van der Waals surface area contributed by atoms with Crippen molar-refractivity contribution in [3.8, 4) is 0 Å². The van der Waals surface area contributed by atoms with E-state index >= 15 is 0 Å². The van der Waals surface area contributed by atoms with Crippen molar-refractivity contribution in [1.82, 2.24) is 19.4 Å². The Labute approximate surface area is 125 Å². The molecular formula is C12H24N4OS2. The predicted molar refractivity (Wildman–Crippen MR) is 83.3 cm³/mol. The van der Waals surface area contributed by atoms with E-state index in [2.05, 4.69) is 38.1 Å². The molecule has 5 nitrogen and oxygen atoms in total. The number of nitrogens with one attached hydrogen (secondary N) is 1. The minimum Gasteiger partial charge on any atom is -0.351 e. The van der Waals surface area contributed by atoms with Crippen LogP contribution in [0.1, 0.15) is 12.8 Å². The molecule has 2 saturated heterocycles. The molecule has 0 saturated carbocycles. The van der Waals surface area contributed by atoms with Gasteiger partial charge < -0.3 is 10.2 Å². The average Bonchev–Trinajstić information content (AvgIpc) is 2.41. The Balaban J connectivity index is 1.69. The number of amides is 1. The van der Waals surface area contributed by atoms with Gasteiger partial charge in [0.2, 0.25) is 5.91 Å². The van der Waals surface area contributed by atoms with Crippen LogP contribution in [0.2, 0.25) is 0 Å². The summed E-state index contributed by atoms with van der Waals surface area (Å²) in [4.78, 5) is 16.6. The monoisotopic (exact) mass is 304 g/mol. The van der Waals surface area contributed by atoms with Crippen LogP contribution in [-0.4, -0.2) is 78.9 Å². The molecular weight excluding hydrogens is 280 g/mol. The van der Waals surface area contributed by atoms with Crippen molar-refractivity contribution < 1.29 is 4.79 Å². The fourth-order valence-electron chi connectivity index (χ4n) is 2.62. The van der Waals surface area contributed by atoms with E-state index in [1.54, 1.807) is 0 Å². The molecule has 2 fully saturated rings. The van der Waals surface area contributed by atoms with Crippen LogP contribution < -0.4 is 5.32 Å². The first kappa shape index (κ1) is 15.4. The van der Waals surface area contributed by atoms with Gasteiger partial charge >= 0.3 is 0 Å². The highest BCUT2D eigenvalue weighted by atomic mass is 33.1. The maximum absolute atomic E-state index is 12.0. The molecule has 0 bridgehead atoms. The van der Waals surface area contributed by atoms with Gasteiger partial charge in [0, 0.05) is 45.3 Å². The van der Waals surface area contributed by atoms with Gasteiger partial charge in [-0.3, -0.25) is 9.69 Å². The van der Waals surface area contributed by atoms with Gasteiger partial charge in [-0.2, -0.15) is 0 Å². The van der Waals surface area contributed by atoms with Crippen LogP contribution in [0.25, 0.3) is 0 Å². The number of likely N-dealkylation sites (N-methyl/N-ethyl adjacent to an activating group) is 1. The molecule has 1 N–H and O–H groups in total. The normalized spacial score (nSPS) is 27.4. The molecule has 0 aromatic carbocycles. The van der Waals surface area contributed by atoms with Crippen LogP contribution in [0.5, 0.6) is 0 Å². The van der Waals surface area contributed by atoms with E-state index in [-0.39, 0.29) is 11.9 Å². The van der Waals surface area contributed by atoms with E-state index in [9.17, 15) is 4.79 Å². The fraction of sp³-hybridized carbons (Fsp3) is 0.917. The average molecular weight is 304 g/mol. The lowest BCUT2D eigenvalue weighted by atomic mass is 10.1. The molecule has 7 heteroatoms. The Morgan fingerprint density at radius 2 is 2.05 bits per heavy atom. The zero-order chi connectivity index (χ0) is 13.7. The molecule has 1 amide bonds. The molecule has 1 atom stereocenters. The number of thiol groups is 1.